The van der Waals surface area contributed by atoms with Crippen LogP contribution in [0.1, 0.15) is 24.1 Å². The third kappa shape index (κ3) is 3.28. The number of hydrogen-bond acceptors (Lipinski definition) is 3. The Balaban J connectivity index is 2.07. The molecule has 1 aromatic heterocycles. The Kier molecular flexibility index (Phi) is 4.67. The van der Waals surface area contributed by atoms with E-state index in [1.54, 1.807) is 0 Å². The van der Waals surface area contributed by atoms with Gasteiger partial charge in [0.1, 0.15) is 0 Å². The Hall–Kier alpha value is -1.45. The van der Waals surface area contributed by atoms with Crippen molar-refractivity contribution in [2.24, 2.45) is 5.73 Å². The van der Waals surface area contributed by atoms with Crippen LogP contribution in [-0.4, -0.2) is 18.1 Å². The Morgan fingerprint density at radius 3 is 2.89 bits per heavy atom. The van der Waals surface area contributed by atoms with Crippen LogP contribution in [0.5, 0.6) is 0 Å². The van der Waals surface area contributed by atoms with Crippen molar-refractivity contribution in [3.05, 3.63) is 41.6 Å². The molecule has 1 heterocycles. The molecule has 18 heavy (non-hydrogen) atoms. The minimum atomic E-state index is 0.777. The summed E-state index contributed by atoms with van der Waals surface area (Å²) >= 11 is 0. The van der Waals surface area contributed by atoms with Gasteiger partial charge in [-0.25, -0.2) is 0 Å². The van der Waals surface area contributed by atoms with E-state index in [1.165, 1.54) is 10.9 Å². The second kappa shape index (κ2) is 6.47. The Morgan fingerprint density at radius 2 is 2.06 bits per heavy atom. The van der Waals surface area contributed by atoms with Gasteiger partial charge >= 0.3 is 0 Å². The lowest BCUT2D eigenvalue weighted by molar-refractivity contribution is 0.629. The zero-order chi connectivity index (χ0) is 12.8. The molecular weight excluding hydrogens is 222 g/mol. The first kappa shape index (κ1) is 13.0. The highest BCUT2D eigenvalue weighted by atomic mass is 14.8. The molecule has 0 amide bonds. The van der Waals surface area contributed by atoms with Gasteiger partial charge in [-0.2, -0.15) is 0 Å². The fourth-order valence-corrected chi connectivity index (χ4v) is 2.16. The molecule has 0 aliphatic rings. The molecule has 1 aromatic carbocycles. The van der Waals surface area contributed by atoms with Gasteiger partial charge in [0.05, 0.1) is 5.52 Å². The summed E-state index contributed by atoms with van der Waals surface area (Å²) in [6.45, 7) is 4.74. The minimum Gasteiger partial charge on any atom is -0.330 e. The highest BCUT2D eigenvalue weighted by Crippen LogP contribution is 2.17. The second-order valence-electron chi connectivity index (χ2n) is 4.61. The van der Waals surface area contributed by atoms with E-state index in [9.17, 15) is 0 Å². The van der Waals surface area contributed by atoms with Gasteiger partial charge in [-0.05, 0) is 50.6 Å². The molecule has 2 aromatic rings. The Morgan fingerprint density at radius 1 is 1.22 bits per heavy atom. The zero-order valence-electron chi connectivity index (χ0n) is 10.9. The van der Waals surface area contributed by atoms with Crippen LogP contribution in [0.4, 0.5) is 0 Å². The smallest absolute Gasteiger partial charge is 0.0708 e. The minimum absolute atomic E-state index is 0.777. The molecule has 3 heteroatoms. The van der Waals surface area contributed by atoms with Crippen LogP contribution in [0.2, 0.25) is 0 Å². The van der Waals surface area contributed by atoms with Crippen LogP contribution in [0.25, 0.3) is 10.9 Å². The number of nitrogens with zero attached hydrogens (tertiary/aromatic N) is 1. The van der Waals surface area contributed by atoms with E-state index < -0.39 is 0 Å². The summed E-state index contributed by atoms with van der Waals surface area (Å²) in [6, 6.07) is 10.5. The lowest BCUT2D eigenvalue weighted by Crippen LogP contribution is -2.16. The first-order valence-corrected chi connectivity index (χ1v) is 6.57. The van der Waals surface area contributed by atoms with Crippen LogP contribution < -0.4 is 11.1 Å². The maximum absolute atomic E-state index is 5.48. The van der Waals surface area contributed by atoms with Crippen molar-refractivity contribution in [3.8, 4) is 0 Å². The predicted molar refractivity (Wildman–Crippen MR) is 76.5 cm³/mol. The first-order chi connectivity index (χ1) is 8.81. The average molecular weight is 243 g/mol. The summed E-state index contributed by atoms with van der Waals surface area (Å²) in [5.74, 6) is 0. The van der Waals surface area contributed by atoms with Gasteiger partial charge in [-0.15, -0.1) is 0 Å². The summed E-state index contributed by atoms with van der Waals surface area (Å²) in [5, 5.41) is 4.72. The van der Waals surface area contributed by atoms with E-state index in [1.807, 2.05) is 13.0 Å². The van der Waals surface area contributed by atoms with Crippen molar-refractivity contribution in [1.82, 2.24) is 10.3 Å². The molecule has 0 atom stereocenters. The number of fused-ring (bicyclic) bond motifs is 1. The van der Waals surface area contributed by atoms with Gasteiger partial charge in [0, 0.05) is 17.6 Å². The third-order valence-electron chi connectivity index (χ3n) is 3.05. The zero-order valence-corrected chi connectivity index (χ0v) is 10.9. The van der Waals surface area contributed by atoms with Crippen LogP contribution in [0.3, 0.4) is 0 Å². The van der Waals surface area contributed by atoms with Crippen molar-refractivity contribution < 1.29 is 0 Å². The highest BCUT2D eigenvalue weighted by molar-refractivity contribution is 5.82. The van der Waals surface area contributed by atoms with E-state index in [4.69, 9.17) is 5.73 Å². The average Bonchev–Trinajstić information content (AvgIpc) is 2.38. The molecule has 0 bridgehead atoms. The van der Waals surface area contributed by atoms with Crippen LogP contribution in [0.15, 0.2) is 30.3 Å². The fourth-order valence-electron chi connectivity index (χ4n) is 2.16. The fraction of sp³-hybridized carbons (Fsp3) is 0.400. The molecule has 2 rings (SSSR count). The summed E-state index contributed by atoms with van der Waals surface area (Å²) < 4.78 is 0. The predicted octanol–water partition coefficient (Wildman–Crippen LogP) is 2.37. The summed E-state index contributed by atoms with van der Waals surface area (Å²) in [6.07, 6.45) is 2.22. The molecule has 0 unspecified atom stereocenters. The largest absolute Gasteiger partial charge is 0.330 e. The number of aromatic nitrogens is 1. The molecule has 3 nitrogen and oxygen atoms in total. The van der Waals surface area contributed by atoms with Crippen molar-refractivity contribution in [2.75, 3.05) is 13.1 Å². The van der Waals surface area contributed by atoms with E-state index >= 15 is 0 Å². The molecular formula is C15H21N3. The van der Waals surface area contributed by atoms with Crippen molar-refractivity contribution in [2.45, 2.75) is 26.3 Å². The van der Waals surface area contributed by atoms with E-state index in [-0.39, 0.29) is 0 Å². The topological polar surface area (TPSA) is 50.9 Å². The molecule has 0 saturated heterocycles. The van der Waals surface area contributed by atoms with Crippen molar-refractivity contribution >= 4 is 10.9 Å². The van der Waals surface area contributed by atoms with Gasteiger partial charge in [-0.3, -0.25) is 4.98 Å². The number of aryl methyl sites for hydroxylation is 1. The maximum Gasteiger partial charge on any atom is 0.0708 e. The third-order valence-corrected chi connectivity index (χ3v) is 3.05. The van der Waals surface area contributed by atoms with Crippen LogP contribution >= 0.6 is 0 Å². The summed E-state index contributed by atoms with van der Waals surface area (Å²) in [4.78, 5) is 4.55. The number of nitrogens with one attached hydrogen (secondary N) is 1. The number of rotatable bonds is 6. The molecule has 0 fully saturated rings. The van der Waals surface area contributed by atoms with E-state index in [2.05, 4.69) is 34.6 Å². The molecule has 0 saturated carbocycles. The second-order valence-corrected chi connectivity index (χ2v) is 4.61. The standard InChI is InChI=1S/C15H21N3/c1-12-10-13(11-17-9-5-4-8-16)14-6-2-3-7-15(14)18-12/h2-3,6-7,10,17H,4-5,8-9,11,16H2,1H3. The number of benzene rings is 1. The number of para-hydroxylation sites is 1. The number of hydrogen-bond donors (Lipinski definition) is 2. The Labute approximate surface area is 108 Å². The molecule has 0 radical (unpaired) electrons. The first-order valence-electron chi connectivity index (χ1n) is 6.57. The maximum atomic E-state index is 5.48. The number of unbranched alkanes of at least 4 members (excludes halogenated alkanes) is 1. The van der Waals surface area contributed by atoms with Crippen molar-refractivity contribution in [1.29, 1.82) is 0 Å². The SMILES string of the molecule is Cc1cc(CNCCCCN)c2ccccc2n1. The van der Waals surface area contributed by atoms with Gasteiger partial charge in [0.15, 0.2) is 0 Å². The van der Waals surface area contributed by atoms with Crippen LogP contribution in [-0.2, 0) is 6.54 Å². The van der Waals surface area contributed by atoms with E-state index in [0.29, 0.717) is 0 Å². The lowest BCUT2D eigenvalue weighted by Gasteiger charge is -2.09. The number of pyridine rings is 1. The highest BCUT2D eigenvalue weighted by Gasteiger charge is 2.02. The van der Waals surface area contributed by atoms with Crippen LogP contribution in [0, 0.1) is 6.92 Å². The summed E-state index contributed by atoms with van der Waals surface area (Å²) in [7, 11) is 0. The van der Waals surface area contributed by atoms with Gasteiger partial charge < -0.3 is 11.1 Å². The molecule has 0 aliphatic heterocycles. The molecule has 0 spiro atoms. The molecule has 3 N–H and O–H groups in total. The molecule has 0 aliphatic carbocycles. The summed E-state index contributed by atoms with van der Waals surface area (Å²) in [5.41, 5.74) is 8.96. The van der Waals surface area contributed by atoms with E-state index in [0.717, 1.165) is 43.7 Å². The van der Waals surface area contributed by atoms with Gasteiger partial charge in [0.25, 0.3) is 0 Å². The Bertz CT molecular complexity index is 508. The van der Waals surface area contributed by atoms with Crippen molar-refractivity contribution in [3.63, 3.8) is 0 Å². The quantitative estimate of drug-likeness (QED) is 0.766. The monoisotopic (exact) mass is 243 g/mol. The van der Waals surface area contributed by atoms with Gasteiger partial charge in [-0.1, -0.05) is 18.2 Å². The lowest BCUT2D eigenvalue weighted by atomic mass is 10.1. The van der Waals surface area contributed by atoms with Gasteiger partial charge in [0.2, 0.25) is 0 Å². The normalized spacial score (nSPS) is 11.0. The number of nitrogens with two attached hydrogens (primary N) is 1. The molecule has 96 valence electrons.